The highest BCUT2D eigenvalue weighted by molar-refractivity contribution is 5.83. The predicted molar refractivity (Wildman–Crippen MR) is 90.5 cm³/mol. The van der Waals surface area contributed by atoms with Gasteiger partial charge in [-0.2, -0.15) is 5.26 Å². The lowest BCUT2D eigenvalue weighted by atomic mass is 10.1. The number of likely N-dealkylation sites (tertiary alicyclic amines) is 1. The molecule has 0 aromatic heterocycles. The Morgan fingerprint density at radius 1 is 1.44 bits per heavy atom. The third-order valence-electron chi connectivity index (χ3n) is 4.86. The van der Waals surface area contributed by atoms with E-state index in [0.717, 1.165) is 18.4 Å². The predicted octanol–water partition coefficient (Wildman–Crippen LogP) is 0.929. The van der Waals surface area contributed by atoms with E-state index in [1.807, 2.05) is 0 Å². The number of non-ortho nitro benzene ring substituents is 1. The lowest BCUT2D eigenvalue weighted by molar-refractivity contribution is -0.384. The van der Waals surface area contributed by atoms with Gasteiger partial charge in [-0.3, -0.25) is 14.9 Å². The second-order valence-corrected chi connectivity index (χ2v) is 6.52. The van der Waals surface area contributed by atoms with Crippen LogP contribution in [0.1, 0.15) is 24.8 Å². The molecule has 0 unspecified atom stereocenters. The lowest BCUT2D eigenvalue weighted by Gasteiger charge is -2.23. The number of nitrogens with zero attached hydrogens (tertiary/aromatic N) is 3. The van der Waals surface area contributed by atoms with Crippen LogP contribution in [0, 0.1) is 21.4 Å². The molecule has 1 aromatic carbocycles. The molecule has 0 bridgehead atoms. The molecule has 3 atom stereocenters. The maximum atomic E-state index is 12.6. The van der Waals surface area contributed by atoms with Gasteiger partial charge < -0.3 is 15.5 Å². The van der Waals surface area contributed by atoms with Crippen molar-refractivity contribution < 1.29 is 9.72 Å². The minimum absolute atomic E-state index is 0.0173. The number of nitro benzene ring substituents is 1. The van der Waals surface area contributed by atoms with Gasteiger partial charge in [-0.1, -0.05) is 12.1 Å². The molecule has 8 nitrogen and oxygen atoms in total. The van der Waals surface area contributed by atoms with Crippen LogP contribution in [0.25, 0.3) is 0 Å². The summed E-state index contributed by atoms with van der Waals surface area (Å²) in [5, 5.41) is 26.4. The molecule has 3 rings (SSSR count). The van der Waals surface area contributed by atoms with E-state index in [0.29, 0.717) is 26.1 Å². The van der Waals surface area contributed by atoms with Crippen molar-refractivity contribution in [2.45, 2.75) is 43.9 Å². The van der Waals surface area contributed by atoms with E-state index in [-0.39, 0.29) is 29.7 Å². The molecule has 2 heterocycles. The third-order valence-corrected chi connectivity index (χ3v) is 4.86. The van der Waals surface area contributed by atoms with E-state index in [4.69, 9.17) is 5.26 Å². The molecule has 2 N–H and O–H groups in total. The molecule has 25 heavy (non-hydrogen) atoms. The number of carbonyl (C=O) groups excluding carboxylic acids is 1. The van der Waals surface area contributed by atoms with Crippen LogP contribution >= 0.6 is 0 Å². The van der Waals surface area contributed by atoms with Crippen molar-refractivity contribution in [2.75, 3.05) is 13.1 Å². The fraction of sp³-hybridized carbons (Fsp3) is 0.529. The van der Waals surface area contributed by atoms with Crippen LogP contribution < -0.4 is 10.6 Å². The Balaban J connectivity index is 1.49. The molecule has 8 heteroatoms. The van der Waals surface area contributed by atoms with Gasteiger partial charge in [0.05, 0.1) is 17.0 Å². The molecule has 0 saturated carbocycles. The maximum Gasteiger partial charge on any atom is 0.269 e. The Bertz CT molecular complexity index is 685. The molecule has 2 aliphatic heterocycles. The van der Waals surface area contributed by atoms with Crippen molar-refractivity contribution in [1.82, 2.24) is 15.5 Å². The molecule has 2 saturated heterocycles. The Morgan fingerprint density at radius 2 is 2.20 bits per heavy atom. The Hall–Kier alpha value is -2.50. The van der Waals surface area contributed by atoms with Gasteiger partial charge in [0.25, 0.3) is 5.69 Å². The number of nitro groups is 1. The Kier molecular flexibility index (Phi) is 5.26. The second-order valence-electron chi connectivity index (χ2n) is 6.52. The molecular weight excluding hydrogens is 322 g/mol. The molecule has 1 aromatic rings. The van der Waals surface area contributed by atoms with E-state index in [2.05, 4.69) is 16.7 Å². The third kappa shape index (κ3) is 3.95. The summed E-state index contributed by atoms with van der Waals surface area (Å²) in [5.74, 6) is 0.0173. The first-order valence-corrected chi connectivity index (χ1v) is 8.48. The average Bonchev–Trinajstić information content (AvgIpc) is 3.28. The number of hydrogen-bond donors (Lipinski definition) is 2. The zero-order valence-electron chi connectivity index (χ0n) is 13.9. The molecule has 0 aliphatic carbocycles. The summed E-state index contributed by atoms with van der Waals surface area (Å²) in [4.78, 5) is 24.5. The molecule has 0 radical (unpaired) electrons. The topological polar surface area (TPSA) is 111 Å². The van der Waals surface area contributed by atoms with Crippen molar-refractivity contribution in [1.29, 1.82) is 5.26 Å². The van der Waals surface area contributed by atoms with Gasteiger partial charge in [-0.15, -0.1) is 0 Å². The SMILES string of the molecule is N#C[C@@H]1CCCN1C(=O)[C@@H]1C[C@H](NCc2ccc([N+](=O)[O-])cc2)CN1. The van der Waals surface area contributed by atoms with Gasteiger partial charge in [0.15, 0.2) is 0 Å². The van der Waals surface area contributed by atoms with Crippen molar-refractivity contribution >= 4 is 11.6 Å². The van der Waals surface area contributed by atoms with Gasteiger partial charge in [0.1, 0.15) is 6.04 Å². The van der Waals surface area contributed by atoms with Crippen LogP contribution in [-0.4, -0.2) is 46.9 Å². The number of carbonyl (C=O) groups is 1. The largest absolute Gasteiger partial charge is 0.325 e. The fourth-order valence-electron chi connectivity index (χ4n) is 3.44. The van der Waals surface area contributed by atoms with E-state index in [1.54, 1.807) is 17.0 Å². The average molecular weight is 343 g/mol. The Morgan fingerprint density at radius 3 is 2.88 bits per heavy atom. The lowest BCUT2D eigenvalue weighted by Crippen LogP contribution is -2.45. The minimum atomic E-state index is -0.416. The van der Waals surface area contributed by atoms with Gasteiger partial charge >= 0.3 is 0 Å². The monoisotopic (exact) mass is 343 g/mol. The standard InChI is InChI=1S/C17H21N5O3/c18-9-15-2-1-7-21(15)17(23)16-8-13(11-20-16)19-10-12-3-5-14(6-4-12)22(24)25/h3-6,13,15-16,19-20H,1-2,7-8,10-11H2/t13-,15-,16-/m0/s1. The summed E-state index contributed by atoms with van der Waals surface area (Å²) in [6.45, 7) is 1.94. The Labute approximate surface area is 146 Å². The highest BCUT2D eigenvalue weighted by Gasteiger charge is 2.36. The molecule has 0 spiro atoms. The second kappa shape index (κ2) is 7.59. The summed E-state index contributed by atoms with van der Waals surface area (Å²) in [6.07, 6.45) is 2.33. The van der Waals surface area contributed by atoms with Crippen molar-refractivity contribution in [2.24, 2.45) is 0 Å². The zero-order valence-corrected chi connectivity index (χ0v) is 13.9. The number of benzene rings is 1. The maximum absolute atomic E-state index is 12.6. The van der Waals surface area contributed by atoms with E-state index in [9.17, 15) is 14.9 Å². The van der Waals surface area contributed by atoms with Crippen LogP contribution in [0.5, 0.6) is 0 Å². The summed E-state index contributed by atoms with van der Waals surface area (Å²) < 4.78 is 0. The highest BCUT2D eigenvalue weighted by Crippen LogP contribution is 2.20. The van der Waals surface area contributed by atoms with Crippen molar-refractivity contribution in [3.63, 3.8) is 0 Å². The van der Waals surface area contributed by atoms with Crippen molar-refractivity contribution in [3.05, 3.63) is 39.9 Å². The minimum Gasteiger partial charge on any atom is -0.325 e. The first-order chi connectivity index (χ1) is 12.1. The number of rotatable bonds is 5. The number of nitriles is 1. The summed E-state index contributed by atoms with van der Waals surface area (Å²) in [7, 11) is 0. The highest BCUT2D eigenvalue weighted by atomic mass is 16.6. The number of amides is 1. The first kappa shape index (κ1) is 17.3. The molecule has 1 amide bonds. The van der Waals surface area contributed by atoms with Crippen LogP contribution in [0.4, 0.5) is 5.69 Å². The van der Waals surface area contributed by atoms with Gasteiger partial charge in [-0.25, -0.2) is 0 Å². The van der Waals surface area contributed by atoms with E-state index in [1.165, 1.54) is 12.1 Å². The smallest absolute Gasteiger partial charge is 0.269 e. The van der Waals surface area contributed by atoms with Crippen LogP contribution in [0.2, 0.25) is 0 Å². The first-order valence-electron chi connectivity index (χ1n) is 8.48. The van der Waals surface area contributed by atoms with Gasteiger partial charge in [0, 0.05) is 37.8 Å². The van der Waals surface area contributed by atoms with Crippen LogP contribution in [0.3, 0.4) is 0 Å². The van der Waals surface area contributed by atoms with Gasteiger partial charge in [0.2, 0.25) is 5.91 Å². The zero-order chi connectivity index (χ0) is 17.8. The molecular formula is C17H21N5O3. The van der Waals surface area contributed by atoms with Gasteiger partial charge in [-0.05, 0) is 24.8 Å². The molecule has 2 aliphatic rings. The van der Waals surface area contributed by atoms with Crippen molar-refractivity contribution in [3.8, 4) is 6.07 Å². The quantitative estimate of drug-likeness (QED) is 0.608. The molecule has 132 valence electrons. The van der Waals surface area contributed by atoms with E-state index >= 15 is 0 Å². The molecule has 2 fully saturated rings. The normalized spacial score (nSPS) is 25.7. The summed E-state index contributed by atoms with van der Waals surface area (Å²) >= 11 is 0. The fourth-order valence-corrected chi connectivity index (χ4v) is 3.44. The van der Waals surface area contributed by atoms with Crippen LogP contribution in [0.15, 0.2) is 24.3 Å². The number of nitrogens with one attached hydrogen (secondary N) is 2. The number of hydrogen-bond acceptors (Lipinski definition) is 6. The van der Waals surface area contributed by atoms with E-state index < -0.39 is 4.92 Å². The van der Waals surface area contributed by atoms with Crippen LogP contribution in [-0.2, 0) is 11.3 Å². The summed E-state index contributed by atoms with van der Waals surface area (Å²) in [6, 6.07) is 8.28. The summed E-state index contributed by atoms with van der Waals surface area (Å²) in [5.41, 5.74) is 1.04.